The lowest BCUT2D eigenvalue weighted by Crippen LogP contribution is -2.31. The Hall–Kier alpha value is -2.51. The highest BCUT2D eigenvalue weighted by atomic mass is 16.6. The molecule has 0 saturated carbocycles. The van der Waals surface area contributed by atoms with Gasteiger partial charge < -0.3 is 4.74 Å². The Morgan fingerprint density at radius 1 is 1.25 bits per heavy atom. The third-order valence-corrected chi connectivity index (χ3v) is 2.85. The molecule has 8 heteroatoms. The summed E-state index contributed by atoms with van der Waals surface area (Å²) in [6.45, 7) is 4.71. The first-order chi connectivity index (χ1) is 9.21. The monoisotopic (exact) mass is 282 g/mol. The molecule has 1 rings (SSSR count). The van der Waals surface area contributed by atoms with Gasteiger partial charge in [-0.3, -0.25) is 25.0 Å². The first-order valence-electron chi connectivity index (χ1n) is 5.82. The van der Waals surface area contributed by atoms with E-state index in [1.54, 1.807) is 6.92 Å². The van der Waals surface area contributed by atoms with Crippen LogP contribution >= 0.6 is 0 Å². The number of ether oxygens (including phenoxy) is 1. The fraction of sp³-hybridized carbons (Fsp3) is 0.417. The van der Waals surface area contributed by atoms with E-state index in [0.29, 0.717) is 0 Å². The minimum atomic E-state index is -1.27. The molecule has 0 aromatic heterocycles. The third kappa shape index (κ3) is 2.90. The molecular weight excluding hydrogens is 268 g/mol. The van der Waals surface area contributed by atoms with Crippen molar-refractivity contribution in [3.63, 3.8) is 0 Å². The summed E-state index contributed by atoms with van der Waals surface area (Å²) in [5.74, 6) is -0.628. The predicted octanol–water partition coefficient (Wildman–Crippen LogP) is 2.34. The van der Waals surface area contributed by atoms with Crippen molar-refractivity contribution in [3.05, 3.63) is 44.0 Å². The van der Waals surface area contributed by atoms with E-state index in [0.717, 1.165) is 12.1 Å². The molecule has 0 fully saturated rings. The molecule has 0 heterocycles. The number of nitro benzene ring substituents is 2. The van der Waals surface area contributed by atoms with Crippen LogP contribution in [0.5, 0.6) is 0 Å². The van der Waals surface area contributed by atoms with E-state index in [9.17, 15) is 25.0 Å². The van der Waals surface area contributed by atoms with E-state index in [1.807, 2.05) is 0 Å². The van der Waals surface area contributed by atoms with Gasteiger partial charge in [-0.05, 0) is 26.8 Å². The third-order valence-electron chi connectivity index (χ3n) is 2.85. The van der Waals surface area contributed by atoms with Crippen LogP contribution in [-0.2, 0) is 14.9 Å². The van der Waals surface area contributed by atoms with Gasteiger partial charge in [-0.1, -0.05) is 0 Å². The van der Waals surface area contributed by atoms with Crippen LogP contribution in [0.2, 0.25) is 0 Å². The molecule has 0 spiro atoms. The summed E-state index contributed by atoms with van der Waals surface area (Å²) in [5.41, 5.74) is -2.07. The standard InChI is InChI=1S/C12H14N2O6/c1-4-20-11(15)12(2,3)9-6-5-8(13(16)17)7-10(9)14(18)19/h5-7H,4H2,1-3H3. The normalized spacial score (nSPS) is 10.9. The molecule has 0 amide bonds. The van der Waals surface area contributed by atoms with Crippen molar-refractivity contribution in [1.82, 2.24) is 0 Å². The van der Waals surface area contributed by atoms with E-state index in [4.69, 9.17) is 4.74 Å². The highest BCUT2D eigenvalue weighted by Gasteiger charge is 2.38. The lowest BCUT2D eigenvalue weighted by molar-refractivity contribution is -0.394. The van der Waals surface area contributed by atoms with Crippen LogP contribution in [0.1, 0.15) is 26.3 Å². The van der Waals surface area contributed by atoms with E-state index in [2.05, 4.69) is 0 Å². The van der Waals surface area contributed by atoms with Crippen LogP contribution in [-0.4, -0.2) is 22.4 Å². The second-order valence-electron chi connectivity index (χ2n) is 4.56. The van der Waals surface area contributed by atoms with E-state index in [1.165, 1.54) is 19.9 Å². The van der Waals surface area contributed by atoms with Gasteiger partial charge in [0.05, 0.1) is 27.9 Å². The summed E-state index contributed by atoms with van der Waals surface area (Å²) in [6, 6.07) is 3.19. The number of benzene rings is 1. The lowest BCUT2D eigenvalue weighted by Gasteiger charge is -2.22. The maximum absolute atomic E-state index is 11.9. The molecule has 0 radical (unpaired) electrons. The number of hydrogen-bond acceptors (Lipinski definition) is 6. The average molecular weight is 282 g/mol. The maximum Gasteiger partial charge on any atom is 0.316 e. The fourth-order valence-electron chi connectivity index (χ4n) is 1.73. The van der Waals surface area contributed by atoms with Gasteiger partial charge in [0.15, 0.2) is 0 Å². The van der Waals surface area contributed by atoms with Gasteiger partial charge in [-0.15, -0.1) is 0 Å². The summed E-state index contributed by atoms with van der Waals surface area (Å²) in [4.78, 5) is 32.1. The minimum Gasteiger partial charge on any atom is -0.465 e. The molecule has 0 aliphatic rings. The first kappa shape index (κ1) is 15.5. The zero-order valence-corrected chi connectivity index (χ0v) is 11.3. The molecule has 0 unspecified atom stereocenters. The van der Waals surface area contributed by atoms with Crippen molar-refractivity contribution in [2.45, 2.75) is 26.2 Å². The minimum absolute atomic E-state index is 0.0755. The second-order valence-corrected chi connectivity index (χ2v) is 4.56. The van der Waals surface area contributed by atoms with E-state index in [-0.39, 0.29) is 12.2 Å². The number of nitrogens with zero attached hydrogens (tertiary/aromatic N) is 2. The molecule has 20 heavy (non-hydrogen) atoms. The Morgan fingerprint density at radius 3 is 2.30 bits per heavy atom. The Labute approximate surface area is 114 Å². The molecule has 0 aliphatic heterocycles. The van der Waals surface area contributed by atoms with Gasteiger partial charge in [0.1, 0.15) is 0 Å². The number of carbonyl (C=O) groups is 1. The van der Waals surface area contributed by atoms with Crippen molar-refractivity contribution >= 4 is 17.3 Å². The Bertz CT molecular complexity index is 567. The van der Waals surface area contributed by atoms with Crippen LogP contribution in [0, 0.1) is 20.2 Å². The molecule has 0 aliphatic carbocycles. The van der Waals surface area contributed by atoms with Crippen molar-refractivity contribution < 1.29 is 19.4 Å². The van der Waals surface area contributed by atoms with Gasteiger partial charge >= 0.3 is 5.97 Å². The summed E-state index contributed by atoms with van der Waals surface area (Å²) < 4.78 is 4.88. The quantitative estimate of drug-likeness (QED) is 0.465. The van der Waals surface area contributed by atoms with Crippen molar-refractivity contribution in [2.75, 3.05) is 6.61 Å². The van der Waals surface area contributed by atoms with Gasteiger partial charge in [0.25, 0.3) is 11.4 Å². The number of carbonyl (C=O) groups excluding carboxylic acids is 1. The topological polar surface area (TPSA) is 113 Å². The predicted molar refractivity (Wildman–Crippen MR) is 69.4 cm³/mol. The van der Waals surface area contributed by atoms with E-state index >= 15 is 0 Å². The van der Waals surface area contributed by atoms with Crippen molar-refractivity contribution in [2.24, 2.45) is 0 Å². The SMILES string of the molecule is CCOC(=O)C(C)(C)c1ccc([N+](=O)[O-])cc1[N+](=O)[O-]. The number of non-ortho nitro benzene ring substituents is 1. The van der Waals surface area contributed by atoms with Crippen LogP contribution in [0.4, 0.5) is 11.4 Å². The van der Waals surface area contributed by atoms with E-state index < -0.39 is 32.6 Å². The van der Waals surface area contributed by atoms with Gasteiger partial charge in [-0.25, -0.2) is 0 Å². The van der Waals surface area contributed by atoms with Crippen LogP contribution < -0.4 is 0 Å². The molecule has 108 valence electrons. The second kappa shape index (κ2) is 5.64. The molecule has 0 saturated heterocycles. The zero-order valence-electron chi connectivity index (χ0n) is 11.3. The molecule has 0 bridgehead atoms. The Morgan fingerprint density at radius 2 is 1.85 bits per heavy atom. The summed E-state index contributed by atoms with van der Waals surface area (Å²) in [7, 11) is 0. The van der Waals surface area contributed by atoms with Crippen molar-refractivity contribution in [3.8, 4) is 0 Å². The largest absolute Gasteiger partial charge is 0.465 e. The van der Waals surface area contributed by atoms with Gasteiger partial charge in [-0.2, -0.15) is 0 Å². The first-order valence-corrected chi connectivity index (χ1v) is 5.82. The average Bonchev–Trinajstić information content (AvgIpc) is 2.38. The number of nitro groups is 2. The number of esters is 1. The molecule has 0 N–H and O–H groups in total. The number of hydrogen-bond donors (Lipinski definition) is 0. The smallest absolute Gasteiger partial charge is 0.316 e. The Kier molecular flexibility index (Phi) is 4.38. The summed E-state index contributed by atoms with van der Waals surface area (Å²) >= 11 is 0. The highest BCUT2D eigenvalue weighted by molar-refractivity contribution is 5.84. The number of rotatable bonds is 5. The molecule has 1 aromatic rings. The highest BCUT2D eigenvalue weighted by Crippen LogP contribution is 2.35. The maximum atomic E-state index is 11.9. The molecular formula is C12H14N2O6. The molecule has 8 nitrogen and oxygen atoms in total. The van der Waals surface area contributed by atoms with Gasteiger partial charge in [0.2, 0.25) is 0 Å². The Balaban J connectivity index is 3.40. The molecule has 1 aromatic carbocycles. The summed E-state index contributed by atoms with van der Waals surface area (Å²) in [5, 5.41) is 21.7. The van der Waals surface area contributed by atoms with Gasteiger partial charge in [0, 0.05) is 11.6 Å². The zero-order chi connectivity index (χ0) is 15.5. The van der Waals surface area contributed by atoms with Crippen LogP contribution in [0.15, 0.2) is 18.2 Å². The van der Waals surface area contributed by atoms with Crippen LogP contribution in [0.3, 0.4) is 0 Å². The lowest BCUT2D eigenvalue weighted by atomic mass is 9.83. The molecule has 0 atom stereocenters. The summed E-state index contributed by atoms with van der Waals surface area (Å²) in [6.07, 6.45) is 0. The fourth-order valence-corrected chi connectivity index (χ4v) is 1.73. The van der Waals surface area contributed by atoms with Crippen LogP contribution in [0.25, 0.3) is 0 Å². The van der Waals surface area contributed by atoms with Crippen molar-refractivity contribution in [1.29, 1.82) is 0 Å².